The van der Waals surface area contributed by atoms with Crippen molar-refractivity contribution in [3.8, 4) is 0 Å². The first-order chi connectivity index (χ1) is 10.6. The van der Waals surface area contributed by atoms with Crippen molar-refractivity contribution in [2.24, 2.45) is 27.1 Å². The molecular weight excluding hydrogens is 300 g/mol. The number of hydrogen-bond acceptors (Lipinski definition) is 0. The van der Waals surface area contributed by atoms with Crippen molar-refractivity contribution in [1.82, 2.24) is 0 Å². The fraction of sp³-hybridized carbons (Fsp3) is 0.840. The van der Waals surface area contributed by atoms with Crippen molar-refractivity contribution in [3.63, 3.8) is 0 Å². The van der Waals surface area contributed by atoms with Crippen molar-refractivity contribution in [2.75, 3.05) is 0 Å². The molecular formula is C25H48. The zero-order chi connectivity index (χ0) is 20.8. The summed E-state index contributed by atoms with van der Waals surface area (Å²) in [5, 5.41) is 0. The molecule has 0 spiro atoms. The Morgan fingerprint density at radius 3 is 0.720 bits per heavy atom. The Labute approximate surface area is 160 Å². The van der Waals surface area contributed by atoms with Crippen LogP contribution in [0.25, 0.3) is 0 Å². The van der Waals surface area contributed by atoms with Crippen LogP contribution in [-0.4, -0.2) is 0 Å². The highest BCUT2D eigenvalue weighted by Gasteiger charge is 2.40. The highest BCUT2D eigenvalue weighted by Crippen LogP contribution is 2.51. The average molecular weight is 349 g/mol. The van der Waals surface area contributed by atoms with Gasteiger partial charge in [-0.2, -0.15) is 0 Å². The molecule has 148 valence electrons. The molecule has 0 heterocycles. The largest absolute Gasteiger partial charge is 0.0674 e. The van der Waals surface area contributed by atoms with Gasteiger partial charge in [-0.3, -0.25) is 0 Å². The predicted molar refractivity (Wildman–Crippen MR) is 117 cm³/mol. The van der Waals surface area contributed by atoms with Crippen LogP contribution in [0.2, 0.25) is 0 Å². The van der Waals surface area contributed by atoms with E-state index in [1.807, 2.05) is 0 Å². The fourth-order valence-corrected chi connectivity index (χ4v) is 3.28. The van der Waals surface area contributed by atoms with Gasteiger partial charge < -0.3 is 0 Å². The Balaban J connectivity index is 6.42. The molecule has 0 aliphatic rings. The van der Waals surface area contributed by atoms with E-state index in [0.717, 1.165) is 0 Å². The highest BCUT2D eigenvalue weighted by atomic mass is 14.4. The lowest BCUT2D eigenvalue weighted by molar-refractivity contribution is 0.170. The minimum absolute atomic E-state index is 0.0687. The van der Waals surface area contributed by atoms with Gasteiger partial charge in [0.25, 0.3) is 0 Å². The van der Waals surface area contributed by atoms with Gasteiger partial charge in [0.2, 0.25) is 0 Å². The van der Waals surface area contributed by atoms with Gasteiger partial charge in [0.05, 0.1) is 0 Å². The van der Waals surface area contributed by atoms with Crippen LogP contribution in [-0.2, 0) is 0 Å². The first-order valence-corrected chi connectivity index (χ1v) is 10.0. The molecule has 0 N–H and O–H groups in total. The summed E-state index contributed by atoms with van der Waals surface area (Å²) >= 11 is 0. The second kappa shape index (κ2) is 6.90. The third-order valence-electron chi connectivity index (χ3n) is 8.62. The zero-order valence-electron chi connectivity index (χ0n) is 20.5. The molecule has 0 amide bonds. The van der Waals surface area contributed by atoms with E-state index in [4.69, 9.17) is 0 Å². The van der Waals surface area contributed by atoms with Gasteiger partial charge in [0.15, 0.2) is 0 Å². The van der Waals surface area contributed by atoms with E-state index in [9.17, 15) is 0 Å². The van der Waals surface area contributed by atoms with Crippen LogP contribution in [0.3, 0.4) is 0 Å². The average Bonchev–Trinajstić information content (AvgIpc) is 2.41. The van der Waals surface area contributed by atoms with Crippen LogP contribution >= 0.6 is 0 Å². The molecule has 0 unspecified atom stereocenters. The minimum Gasteiger partial charge on any atom is -0.0674 e. The lowest BCUT2D eigenvalue weighted by Crippen LogP contribution is -2.35. The molecule has 0 bridgehead atoms. The highest BCUT2D eigenvalue weighted by molar-refractivity contribution is 5.35. The maximum Gasteiger partial charge on any atom is 0.00640 e. The van der Waals surface area contributed by atoms with Crippen LogP contribution < -0.4 is 0 Å². The van der Waals surface area contributed by atoms with Gasteiger partial charge in [0, 0.05) is 5.41 Å². The maximum atomic E-state index is 2.40. The number of hydrogen-bond donors (Lipinski definition) is 0. The molecule has 0 nitrogen and oxygen atoms in total. The summed E-state index contributed by atoms with van der Waals surface area (Å²) in [4.78, 5) is 0. The van der Waals surface area contributed by atoms with Crippen molar-refractivity contribution in [1.29, 1.82) is 0 Å². The Morgan fingerprint density at radius 2 is 0.560 bits per heavy atom. The Kier molecular flexibility index (Phi) is 6.75. The standard InChI is InChI=1S/C25H48/c1-17(19(3)24(13,14)21(5,6)7)23(11,12)18(2)20(4)25(15,16)22(8,9)10/h1-16H3/b19-17-,20-18-. The molecule has 25 heavy (non-hydrogen) atoms. The molecule has 0 radical (unpaired) electrons. The zero-order valence-corrected chi connectivity index (χ0v) is 20.5. The maximum absolute atomic E-state index is 2.40. The molecule has 0 aromatic carbocycles. The van der Waals surface area contributed by atoms with Crippen LogP contribution in [0, 0.1) is 27.1 Å². The summed E-state index contributed by atoms with van der Waals surface area (Å²) in [5.74, 6) is 0. The Morgan fingerprint density at radius 1 is 0.360 bits per heavy atom. The second-order valence-corrected chi connectivity index (χ2v) is 11.9. The molecule has 0 fully saturated rings. The predicted octanol–water partition coefficient (Wildman–Crippen LogP) is 8.83. The van der Waals surface area contributed by atoms with Crippen molar-refractivity contribution in [3.05, 3.63) is 22.3 Å². The van der Waals surface area contributed by atoms with E-state index in [1.54, 1.807) is 0 Å². The van der Waals surface area contributed by atoms with Gasteiger partial charge in [-0.05, 0) is 49.4 Å². The topological polar surface area (TPSA) is 0 Å². The first kappa shape index (κ1) is 24.5. The fourth-order valence-electron chi connectivity index (χ4n) is 3.28. The summed E-state index contributed by atoms with van der Waals surface area (Å²) in [7, 11) is 0. The molecule has 0 saturated carbocycles. The lowest BCUT2D eigenvalue weighted by Gasteiger charge is -2.46. The van der Waals surface area contributed by atoms with E-state index in [0.29, 0.717) is 0 Å². The van der Waals surface area contributed by atoms with E-state index >= 15 is 0 Å². The summed E-state index contributed by atoms with van der Waals surface area (Å²) in [6.45, 7) is 37.9. The lowest BCUT2D eigenvalue weighted by atomic mass is 9.59. The molecule has 0 rings (SSSR count). The molecule has 0 aromatic heterocycles. The quantitative estimate of drug-likeness (QED) is 0.445. The van der Waals surface area contributed by atoms with E-state index in [2.05, 4.69) is 111 Å². The first-order valence-electron chi connectivity index (χ1n) is 10.0. The van der Waals surface area contributed by atoms with E-state index in [1.165, 1.54) is 22.3 Å². The van der Waals surface area contributed by atoms with Crippen LogP contribution in [0.4, 0.5) is 0 Å². The van der Waals surface area contributed by atoms with Gasteiger partial charge >= 0.3 is 0 Å². The van der Waals surface area contributed by atoms with Crippen LogP contribution in [0.15, 0.2) is 22.3 Å². The number of rotatable bonds is 4. The van der Waals surface area contributed by atoms with Crippen molar-refractivity contribution < 1.29 is 0 Å². The summed E-state index contributed by atoms with van der Waals surface area (Å²) < 4.78 is 0. The smallest absolute Gasteiger partial charge is 0.00640 e. The minimum atomic E-state index is 0.0687. The molecule has 0 saturated heterocycles. The number of allylic oxidation sites excluding steroid dienone is 4. The van der Waals surface area contributed by atoms with Crippen molar-refractivity contribution >= 4 is 0 Å². The third kappa shape index (κ3) is 4.42. The van der Waals surface area contributed by atoms with Crippen LogP contribution in [0.1, 0.15) is 111 Å². The van der Waals surface area contributed by atoms with Crippen molar-refractivity contribution in [2.45, 2.75) is 111 Å². The molecule has 0 aliphatic heterocycles. The molecule has 0 aliphatic carbocycles. The Bertz CT molecular complexity index is 496. The summed E-state index contributed by atoms with van der Waals surface area (Å²) in [6.07, 6.45) is 0. The van der Waals surface area contributed by atoms with Gasteiger partial charge in [-0.15, -0.1) is 0 Å². The molecule has 0 aromatic rings. The van der Waals surface area contributed by atoms with Gasteiger partial charge in [-0.1, -0.05) is 105 Å². The Hall–Kier alpha value is -0.520. The summed E-state index contributed by atoms with van der Waals surface area (Å²) in [5.41, 5.74) is 7.00. The molecule has 0 heteroatoms. The van der Waals surface area contributed by atoms with Crippen LogP contribution in [0.5, 0.6) is 0 Å². The monoisotopic (exact) mass is 348 g/mol. The normalized spacial score (nSPS) is 17.3. The third-order valence-corrected chi connectivity index (χ3v) is 8.62. The molecule has 0 atom stereocenters. The van der Waals surface area contributed by atoms with E-state index in [-0.39, 0.29) is 27.1 Å². The van der Waals surface area contributed by atoms with E-state index < -0.39 is 0 Å². The second-order valence-electron chi connectivity index (χ2n) is 11.9. The van der Waals surface area contributed by atoms with Gasteiger partial charge in [-0.25, -0.2) is 0 Å². The van der Waals surface area contributed by atoms with Gasteiger partial charge in [0.1, 0.15) is 0 Å². The summed E-state index contributed by atoms with van der Waals surface area (Å²) in [6, 6.07) is 0. The SMILES string of the molecule is C/C(=C(\C)C(C)(C)C(C)(C)C)C(C)(C)/C(C)=C(/C)C(C)(C)C(C)(C)C.